The number of carbonyl (C=O) groups is 1. The van der Waals surface area contributed by atoms with Crippen LogP contribution in [0.3, 0.4) is 0 Å². The number of aromatic nitrogens is 2. The van der Waals surface area contributed by atoms with Gasteiger partial charge in [-0.05, 0) is 23.8 Å². The molecule has 0 unspecified atom stereocenters. The third-order valence-electron chi connectivity index (χ3n) is 4.06. The van der Waals surface area contributed by atoms with Crippen molar-refractivity contribution in [2.75, 3.05) is 26.0 Å². The van der Waals surface area contributed by atoms with E-state index >= 15 is 0 Å². The van der Waals surface area contributed by atoms with E-state index in [0.717, 1.165) is 16.8 Å². The maximum atomic E-state index is 12.7. The summed E-state index contributed by atoms with van der Waals surface area (Å²) < 4.78 is 10.7. The summed E-state index contributed by atoms with van der Waals surface area (Å²) >= 11 is 1.53. The van der Waals surface area contributed by atoms with Gasteiger partial charge in [0.1, 0.15) is 6.26 Å². The van der Waals surface area contributed by atoms with E-state index in [-0.39, 0.29) is 5.91 Å². The number of oxazole rings is 1. The van der Waals surface area contributed by atoms with Crippen molar-refractivity contribution in [3.05, 3.63) is 72.4 Å². The van der Waals surface area contributed by atoms with Gasteiger partial charge in [0, 0.05) is 43.9 Å². The van der Waals surface area contributed by atoms with Gasteiger partial charge in [-0.1, -0.05) is 24.3 Å². The molecule has 6 nitrogen and oxygen atoms in total. The third kappa shape index (κ3) is 5.94. The van der Waals surface area contributed by atoms with Crippen LogP contribution >= 0.6 is 11.8 Å². The van der Waals surface area contributed by atoms with Crippen molar-refractivity contribution in [3.8, 4) is 11.5 Å². The van der Waals surface area contributed by atoms with Crippen LogP contribution in [0.15, 0.2) is 65.5 Å². The van der Waals surface area contributed by atoms with E-state index in [4.69, 9.17) is 9.15 Å². The Bertz CT molecular complexity index is 856. The maximum absolute atomic E-state index is 12.7. The normalized spacial score (nSPS) is 10.8. The molecule has 3 rings (SSSR count). The molecule has 2 aromatic heterocycles. The quantitative estimate of drug-likeness (QED) is 0.520. The van der Waals surface area contributed by atoms with E-state index in [0.29, 0.717) is 37.1 Å². The molecule has 0 bridgehead atoms. The molecule has 28 heavy (non-hydrogen) atoms. The molecule has 0 aliphatic carbocycles. The molecule has 0 N–H and O–H groups in total. The van der Waals surface area contributed by atoms with E-state index in [1.54, 1.807) is 30.7 Å². The molecule has 0 aliphatic heterocycles. The molecular formula is C21H23N3O3S. The molecule has 0 saturated carbocycles. The largest absolute Gasteiger partial charge is 0.444 e. The molecule has 7 heteroatoms. The molecule has 0 fully saturated rings. The Labute approximate surface area is 168 Å². The smallest absolute Gasteiger partial charge is 0.232 e. The number of pyridine rings is 1. The van der Waals surface area contributed by atoms with E-state index in [9.17, 15) is 4.79 Å². The lowest BCUT2D eigenvalue weighted by molar-refractivity contribution is -0.129. The van der Waals surface area contributed by atoms with E-state index < -0.39 is 0 Å². The first-order valence-corrected chi connectivity index (χ1v) is 10.1. The second-order valence-electron chi connectivity index (χ2n) is 6.17. The number of thioether (sulfide) groups is 1. The Morgan fingerprint density at radius 1 is 1.21 bits per heavy atom. The summed E-state index contributed by atoms with van der Waals surface area (Å²) in [6.45, 7) is 1.58. The monoisotopic (exact) mass is 397 g/mol. The fourth-order valence-corrected chi connectivity index (χ4v) is 3.43. The fourth-order valence-electron chi connectivity index (χ4n) is 2.63. The molecule has 0 aliphatic rings. The summed E-state index contributed by atoms with van der Waals surface area (Å²) in [7, 11) is 1.64. The summed E-state index contributed by atoms with van der Waals surface area (Å²) in [6.07, 6.45) is 5.15. The molecule has 146 valence electrons. The number of rotatable bonds is 10. The molecule has 1 aromatic carbocycles. The lowest BCUT2D eigenvalue weighted by Crippen LogP contribution is -2.34. The first-order valence-electron chi connectivity index (χ1n) is 8.99. The molecule has 3 aromatic rings. The van der Waals surface area contributed by atoms with Gasteiger partial charge in [-0.15, -0.1) is 11.8 Å². The summed E-state index contributed by atoms with van der Waals surface area (Å²) in [5.74, 6) is 1.66. The zero-order valence-corrected chi connectivity index (χ0v) is 16.6. The molecule has 2 heterocycles. The van der Waals surface area contributed by atoms with Gasteiger partial charge >= 0.3 is 0 Å². The van der Waals surface area contributed by atoms with Gasteiger partial charge in [0.25, 0.3) is 0 Å². The highest BCUT2D eigenvalue weighted by Crippen LogP contribution is 2.20. The molecule has 0 atom stereocenters. The zero-order valence-electron chi connectivity index (χ0n) is 15.8. The Morgan fingerprint density at radius 2 is 2.07 bits per heavy atom. The van der Waals surface area contributed by atoms with Gasteiger partial charge in [0.05, 0.1) is 18.1 Å². The van der Waals surface area contributed by atoms with Crippen molar-refractivity contribution in [1.82, 2.24) is 14.9 Å². The predicted octanol–water partition coefficient (Wildman–Crippen LogP) is 3.65. The van der Waals surface area contributed by atoms with Gasteiger partial charge in [0.2, 0.25) is 11.8 Å². The summed E-state index contributed by atoms with van der Waals surface area (Å²) in [6, 6.07) is 13.6. The van der Waals surface area contributed by atoms with Gasteiger partial charge in [-0.2, -0.15) is 0 Å². The van der Waals surface area contributed by atoms with Crippen molar-refractivity contribution in [1.29, 1.82) is 0 Å². The highest BCUT2D eigenvalue weighted by atomic mass is 32.2. The van der Waals surface area contributed by atoms with Crippen LogP contribution < -0.4 is 0 Å². The molecular weight excluding hydrogens is 374 g/mol. The number of ether oxygens (including phenoxy) is 1. The summed E-state index contributed by atoms with van der Waals surface area (Å²) in [5, 5.41) is 0. The van der Waals surface area contributed by atoms with Crippen LogP contribution in [-0.4, -0.2) is 46.8 Å². The second-order valence-corrected chi connectivity index (χ2v) is 7.16. The van der Waals surface area contributed by atoms with Crippen LogP contribution in [0.25, 0.3) is 11.5 Å². The SMILES string of the molecule is COCCN(Cc1cccnc1)C(=O)CSCc1coc(-c2ccccc2)n1. The van der Waals surface area contributed by atoms with Crippen LogP contribution in [0, 0.1) is 0 Å². The van der Waals surface area contributed by atoms with Crippen LogP contribution in [0.2, 0.25) is 0 Å². The van der Waals surface area contributed by atoms with Gasteiger partial charge < -0.3 is 14.1 Å². The third-order valence-corrected chi connectivity index (χ3v) is 5.01. The minimum absolute atomic E-state index is 0.0673. The number of methoxy groups -OCH3 is 1. The minimum Gasteiger partial charge on any atom is -0.444 e. The van der Waals surface area contributed by atoms with Crippen molar-refractivity contribution in [3.63, 3.8) is 0 Å². The van der Waals surface area contributed by atoms with Gasteiger partial charge in [-0.25, -0.2) is 4.98 Å². The Hall–Kier alpha value is -2.64. The number of benzene rings is 1. The average Bonchev–Trinajstić information content (AvgIpc) is 3.21. The topological polar surface area (TPSA) is 68.5 Å². The number of hydrogen-bond acceptors (Lipinski definition) is 6. The first kappa shape index (κ1) is 20.1. The molecule has 0 spiro atoms. The van der Waals surface area contributed by atoms with Crippen LogP contribution in [-0.2, 0) is 21.8 Å². The maximum Gasteiger partial charge on any atom is 0.232 e. The lowest BCUT2D eigenvalue weighted by atomic mass is 10.2. The Morgan fingerprint density at radius 3 is 2.82 bits per heavy atom. The Balaban J connectivity index is 1.52. The van der Waals surface area contributed by atoms with Crippen molar-refractivity contribution >= 4 is 17.7 Å². The number of carbonyl (C=O) groups excluding carboxylic acids is 1. The molecule has 1 amide bonds. The van der Waals surface area contributed by atoms with Crippen LogP contribution in [0.1, 0.15) is 11.3 Å². The number of amides is 1. The summed E-state index contributed by atoms with van der Waals surface area (Å²) in [4.78, 5) is 23.1. The number of nitrogens with zero attached hydrogens (tertiary/aromatic N) is 3. The standard InChI is InChI=1S/C21H23N3O3S/c1-26-11-10-24(13-17-6-5-9-22-12-17)20(25)16-28-15-19-14-27-21(23-19)18-7-3-2-4-8-18/h2-9,12,14H,10-11,13,15-16H2,1H3. The van der Waals surface area contributed by atoms with Crippen molar-refractivity contribution < 1.29 is 13.9 Å². The highest BCUT2D eigenvalue weighted by Gasteiger charge is 2.15. The lowest BCUT2D eigenvalue weighted by Gasteiger charge is -2.22. The van der Waals surface area contributed by atoms with E-state index in [1.807, 2.05) is 42.5 Å². The Kier molecular flexibility index (Phi) is 7.63. The predicted molar refractivity (Wildman–Crippen MR) is 110 cm³/mol. The fraction of sp³-hybridized carbons (Fsp3) is 0.286. The average molecular weight is 398 g/mol. The van der Waals surface area contributed by atoms with Crippen molar-refractivity contribution in [2.45, 2.75) is 12.3 Å². The number of hydrogen-bond donors (Lipinski definition) is 0. The van der Waals surface area contributed by atoms with Crippen LogP contribution in [0.4, 0.5) is 0 Å². The van der Waals surface area contributed by atoms with Crippen molar-refractivity contribution in [2.24, 2.45) is 0 Å². The van der Waals surface area contributed by atoms with Gasteiger partial charge in [0.15, 0.2) is 0 Å². The second kappa shape index (κ2) is 10.6. The van der Waals surface area contributed by atoms with E-state index in [2.05, 4.69) is 9.97 Å². The first-order chi connectivity index (χ1) is 13.8. The summed E-state index contributed by atoms with van der Waals surface area (Å²) in [5.41, 5.74) is 2.77. The van der Waals surface area contributed by atoms with E-state index in [1.165, 1.54) is 11.8 Å². The molecule has 0 radical (unpaired) electrons. The highest BCUT2D eigenvalue weighted by molar-refractivity contribution is 7.99. The zero-order chi connectivity index (χ0) is 19.6. The van der Waals surface area contributed by atoms with Gasteiger partial charge in [-0.3, -0.25) is 9.78 Å². The molecule has 0 saturated heterocycles. The minimum atomic E-state index is 0.0673. The van der Waals surface area contributed by atoms with Crippen LogP contribution in [0.5, 0.6) is 0 Å².